The fourth-order valence-electron chi connectivity index (χ4n) is 2.21. The van der Waals surface area contributed by atoms with Crippen molar-refractivity contribution in [3.05, 3.63) is 44.4 Å². The Labute approximate surface area is 154 Å². The molecule has 0 bridgehead atoms. The molecule has 0 aliphatic carbocycles. The normalized spacial score (nSPS) is 11.7. The number of nitrogens with one attached hydrogen (secondary N) is 1. The quantitative estimate of drug-likeness (QED) is 0.524. The largest absolute Gasteiger partial charge is 0.493 e. The fraction of sp³-hybridized carbons (Fsp3) is 0.375. The van der Waals surface area contributed by atoms with Crippen LogP contribution < -0.4 is 14.8 Å². The Morgan fingerprint density at radius 1 is 1.38 bits per heavy atom. The summed E-state index contributed by atoms with van der Waals surface area (Å²) >= 11 is 1.41. The smallest absolute Gasteiger partial charge is 0.286 e. The number of nitrogens with zero attached hydrogens (tertiary/aromatic N) is 2. The molecule has 26 heavy (non-hydrogen) atoms. The third-order valence-electron chi connectivity index (χ3n) is 3.38. The summed E-state index contributed by atoms with van der Waals surface area (Å²) in [5.41, 5.74) is 1.86. The van der Waals surface area contributed by atoms with E-state index in [0.29, 0.717) is 5.69 Å². The van der Waals surface area contributed by atoms with Crippen molar-refractivity contribution in [3.63, 3.8) is 0 Å². The molecule has 1 atom stereocenters. The summed E-state index contributed by atoms with van der Waals surface area (Å²) in [5.74, 6) is -0.213. The number of thiazole rings is 1. The molecule has 1 amide bonds. The number of benzene rings is 1. The van der Waals surface area contributed by atoms with E-state index in [4.69, 9.17) is 14.2 Å². The number of nitro groups is 1. The number of ether oxygens (including phenoxy) is 3. The van der Waals surface area contributed by atoms with Gasteiger partial charge in [-0.05, 0) is 6.92 Å². The van der Waals surface area contributed by atoms with Gasteiger partial charge in [-0.3, -0.25) is 14.9 Å². The minimum atomic E-state index is -0.634. The summed E-state index contributed by atoms with van der Waals surface area (Å²) in [6.07, 6.45) is 0. The summed E-state index contributed by atoms with van der Waals surface area (Å²) < 4.78 is 15.8. The van der Waals surface area contributed by atoms with Gasteiger partial charge >= 0.3 is 0 Å². The number of carbonyl (C=O) groups is 1. The van der Waals surface area contributed by atoms with Crippen molar-refractivity contribution in [2.24, 2.45) is 0 Å². The Hall–Kier alpha value is -2.72. The highest BCUT2D eigenvalue weighted by Crippen LogP contribution is 2.35. The first-order valence-electron chi connectivity index (χ1n) is 7.62. The van der Waals surface area contributed by atoms with Crippen LogP contribution in [0.4, 0.5) is 5.69 Å². The Bertz CT molecular complexity index is 766. The lowest BCUT2D eigenvalue weighted by Crippen LogP contribution is -2.35. The summed E-state index contributed by atoms with van der Waals surface area (Å²) in [5, 5.41) is 15.9. The van der Waals surface area contributed by atoms with Crippen molar-refractivity contribution < 1.29 is 23.9 Å². The monoisotopic (exact) mass is 381 g/mol. The lowest BCUT2D eigenvalue weighted by atomic mass is 10.1. The summed E-state index contributed by atoms with van der Waals surface area (Å²) in [4.78, 5) is 27.3. The molecule has 140 valence electrons. The highest BCUT2D eigenvalue weighted by atomic mass is 32.1. The molecular formula is C16H19N3O6S. The Morgan fingerprint density at radius 3 is 2.73 bits per heavy atom. The van der Waals surface area contributed by atoms with Gasteiger partial charge in [0.15, 0.2) is 11.5 Å². The highest BCUT2D eigenvalue weighted by Gasteiger charge is 2.25. The minimum Gasteiger partial charge on any atom is -0.493 e. The molecule has 1 N–H and O–H groups in total. The van der Waals surface area contributed by atoms with E-state index >= 15 is 0 Å². The van der Waals surface area contributed by atoms with Crippen LogP contribution in [-0.4, -0.2) is 42.7 Å². The first-order chi connectivity index (χ1) is 12.5. The summed E-state index contributed by atoms with van der Waals surface area (Å²) in [6, 6.07) is 2.17. The fourth-order valence-corrected chi connectivity index (χ4v) is 2.75. The number of rotatable bonds is 9. The van der Waals surface area contributed by atoms with Crippen LogP contribution in [0.2, 0.25) is 0 Å². The maximum absolute atomic E-state index is 12.4. The molecule has 0 aliphatic rings. The van der Waals surface area contributed by atoms with Gasteiger partial charge in [-0.1, -0.05) is 0 Å². The zero-order valence-electron chi connectivity index (χ0n) is 14.6. The molecule has 2 aromatic rings. The van der Waals surface area contributed by atoms with Gasteiger partial charge < -0.3 is 19.5 Å². The molecule has 1 aromatic carbocycles. The van der Waals surface area contributed by atoms with Crippen molar-refractivity contribution in [3.8, 4) is 11.5 Å². The van der Waals surface area contributed by atoms with Crippen LogP contribution in [0, 0.1) is 10.1 Å². The molecule has 1 unspecified atom stereocenters. The third-order valence-corrected chi connectivity index (χ3v) is 4.01. The number of methoxy groups -OCH3 is 2. The van der Waals surface area contributed by atoms with Crippen molar-refractivity contribution in [1.29, 1.82) is 0 Å². The zero-order chi connectivity index (χ0) is 19.1. The number of hydrogen-bond donors (Lipinski definition) is 1. The van der Waals surface area contributed by atoms with E-state index in [0.717, 1.165) is 0 Å². The summed E-state index contributed by atoms with van der Waals surface area (Å²) in [7, 11) is 2.90. The van der Waals surface area contributed by atoms with E-state index < -0.39 is 10.8 Å². The maximum atomic E-state index is 12.4. The van der Waals surface area contributed by atoms with Gasteiger partial charge in [0.25, 0.3) is 11.6 Å². The van der Waals surface area contributed by atoms with Gasteiger partial charge in [-0.2, -0.15) is 0 Å². The first kappa shape index (κ1) is 19.6. The third kappa shape index (κ3) is 4.90. The van der Waals surface area contributed by atoms with Crippen LogP contribution in [0.1, 0.15) is 23.0 Å². The number of carbonyl (C=O) groups excluding carboxylic acids is 1. The summed E-state index contributed by atoms with van der Waals surface area (Å²) in [6.45, 7) is 2.15. The average Bonchev–Trinajstić information content (AvgIpc) is 3.12. The number of hydrogen-bond acceptors (Lipinski definition) is 8. The van der Waals surface area contributed by atoms with E-state index in [1.807, 2.05) is 0 Å². The van der Waals surface area contributed by atoms with Gasteiger partial charge in [0.1, 0.15) is 12.2 Å². The van der Waals surface area contributed by atoms with Crippen LogP contribution >= 0.6 is 11.3 Å². The molecule has 0 radical (unpaired) electrons. The maximum Gasteiger partial charge on any atom is 0.286 e. The second kappa shape index (κ2) is 9.11. The lowest BCUT2D eigenvalue weighted by Gasteiger charge is -2.15. The van der Waals surface area contributed by atoms with E-state index in [1.165, 1.54) is 37.7 Å². The Balaban J connectivity index is 2.30. The van der Waals surface area contributed by atoms with Crippen molar-refractivity contribution >= 4 is 22.9 Å². The molecular weight excluding hydrogens is 362 g/mol. The molecule has 1 aromatic heterocycles. The standard InChI is InChI=1S/C16H19N3O6S/c1-10(6-23-2)18-16(20)12-4-14(24-3)15(5-13(12)19(21)22)25-7-11-8-26-9-17-11/h4-5,8-10H,6-7H2,1-3H3,(H,18,20). The molecule has 0 saturated carbocycles. The Morgan fingerprint density at radius 2 is 2.15 bits per heavy atom. The van der Waals surface area contributed by atoms with Gasteiger partial charge in [0, 0.05) is 24.6 Å². The lowest BCUT2D eigenvalue weighted by molar-refractivity contribution is -0.385. The topological polar surface area (TPSA) is 113 Å². The van der Waals surface area contributed by atoms with E-state index in [9.17, 15) is 14.9 Å². The zero-order valence-corrected chi connectivity index (χ0v) is 15.4. The van der Waals surface area contributed by atoms with Crippen molar-refractivity contribution in [2.75, 3.05) is 20.8 Å². The predicted octanol–water partition coefficient (Wildman–Crippen LogP) is 2.40. The second-order valence-electron chi connectivity index (χ2n) is 5.38. The first-order valence-corrected chi connectivity index (χ1v) is 8.56. The van der Waals surface area contributed by atoms with Crippen LogP contribution in [0.5, 0.6) is 11.5 Å². The number of aromatic nitrogens is 1. The van der Waals surface area contributed by atoms with Gasteiger partial charge in [-0.25, -0.2) is 4.98 Å². The molecule has 2 rings (SSSR count). The molecule has 9 nitrogen and oxygen atoms in total. The van der Waals surface area contributed by atoms with Crippen molar-refractivity contribution in [2.45, 2.75) is 19.6 Å². The molecule has 10 heteroatoms. The van der Waals surface area contributed by atoms with E-state index in [2.05, 4.69) is 10.3 Å². The SMILES string of the molecule is COCC(C)NC(=O)c1cc(OC)c(OCc2cscn2)cc1[N+](=O)[O-]. The average molecular weight is 381 g/mol. The Kier molecular flexibility index (Phi) is 6.87. The minimum absolute atomic E-state index is 0.115. The van der Waals surface area contributed by atoms with Crippen LogP contribution in [0.25, 0.3) is 0 Å². The van der Waals surface area contributed by atoms with Gasteiger partial charge in [-0.15, -0.1) is 11.3 Å². The van der Waals surface area contributed by atoms with Gasteiger partial charge in [0.05, 0.1) is 35.9 Å². The van der Waals surface area contributed by atoms with Gasteiger partial charge in [0.2, 0.25) is 0 Å². The number of amides is 1. The predicted molar refractivity (Wildman–Crippen MR) is 94.9 cm³/mol. The number of nitro benzene ring substituents is 1. The second-order valence-corrected chi connectivity index (χ2v) is 6.09. The van der Waals surface area contributed by atoms with E-state index in [1.54, 1.807) is 17.8 Å². The van der Waals surface area contributed by atoms with Crippen LogP contribution in [-0.2, 0) is 11.3 Å². The van der Waals surface area contributed by atoms with E-state index in [-0.39, 0.29) is 42.0 Å². The highest BCUT2D eigenvalue weighted by molar-refractivity contribution is 7.07. The molecule has 0 saturated heterocycles. The van der Waals surface area contributed by atoms with Crippen LogP contribution in [0.15, 0.2) is 23.0 Å². The molecule has 0 spiro atoms. The van der Waals surface area contributed by atoms with Crippen LogP contribution in [0.3, 0.4) is 0 Å². The molecule has 1 heterocycles. The molecule has 0 fully saturated rings. The molecule has 0 aliphatic heterocycles. The van der Waals surface area contributed by atoms with Crippen molar-refractivity contribution in [1.82, 2.24) is 10.3 Å².